The summed E-state index contributed by atoms with van der Waals surface area (Å²) in [6, 6.07) is 17.9. The number of hydroxylamine groups is 12. The summed E-state index contributed by atoms with van der Waals surface area (Å²) in [7, 11) is 0. The summed E-state index contributed by atoms with van der Waals surface area (Å²) in [5, 5.41) is 2.16. The lowest BCUT2D eigenvalue weighted by Crippen LogP contribution is -2.32. The van der Waals surface area contributed by atoms with Gasteiger partial charge in [-0.3, -0.25) is 86.3 Å². The van der Waals surface area contributed by atoms with Crippen LogP contribution in [0.4, 0.5) is 17.1 Å². The molecule has 9 heterocycles. The highest BCUT2D eigenvalue weighted by Gasteiger charge is 2.35. The van der Waals surface area contributed by atoms with Crippen LogP contribution in [0.15, 0.2) is 182 Å². The molecule has 0 aromatic heterocycles. The molecule has 3 aromatic carbocycles. The lowest BCUT2D eigenvalue weighted by molar-refractivity contribution is -0.195. The monoisotopic (exact) mass is 1920 g/mol. The van der Waals surface area contributed by atoms with E-state index in [9.17, 15) is 129 Å². The summed E-state index contributed by atoms with van der Waals surface area (Å²) in [5.74, 6) is 11.3. The molecule has 2 atom stereocenters. The molecule has 141 heavy (non-hydrogen) atoms. The molecule has 9 aliphatic rings. The number of ether oxygens (including phenoxy) is 3. The van der Waals surface area contributed by atoms with Crippen LogP contribution in [0.3, 0.4) is 0 Å². The van der Waals surface area contributed by atoms with E-state index in [1.807, 2.05) is 25.7 Å². The van der Waals surface area contributed by atoms with Crippen LogP contribution in [-0.2, 0) is 158 Å². The number of nitrogens with zero attached hydrogens (tertiary/aromatic N) is 9. The van der Waals surface area contributed by atoms with Crippen molar-refractivity contribution in [3.05, 3.63) is 199 Å². The molecule has 0 N–H and O–H groups in total. The van der Waals surface area contributed by atoms with Gasteiger partial charge >= 0.3 is 53.7 Å². The zero-order valence-electron chi connectivity index (χ0n) is 74.0. The first-order valence-corrected chi connectivity index (χ1v) is 39.4. The maximum absolute atomic E-state index is 11.9. The Morgan fingerprint density at radius 3 is 0.865 bits per heavy atom. The fourth-order valence-electron chi connectivity index (χ4n) is 9.41. The molecular weight excluding hydrogens is 1860 g/mol. The molecule has 0 bridgehead atoms. The van der Waals surface area contributed by atoms with Gasteiger partial charge in [0.2, 0.25) is 0 Å². The van der Waals surface area contributed by atoms with E-state index in [2.05, 4.69) is 94.7 Å². The van der Waals surface area contributed by atoms with Crippen LogP contribution in [0.5, 0.6) is 0 Å². The van der Waals surface area contributed by atoms with Gasteiger partial charge in [0, 0.05) is 146 Å². The van der Waals surface area contributed by atoms with E-state index in [0.717, 1.165) is 94.0 Å². The number of amides is 18. The molecule has 18 amide bonds. The van der Waals surface area contributed by atoms with E-state index in [4.69, 9.17) is 39.9 Å². The molecule has 0 saturated carbocycles. The number of imide groups is 9. The van der Waals surface area contributed by atoms with Gasteiger partial charge in [0.1, 0.15) is 12.8 Å². The maximum atomic E-state index is 11.9. The molecule has 0 radical (unpaired) electrons. The minimum atomic E-state index is -1.08. The van der Waals surface area contributed by atoms with Crippen molar-refractivity contribution in [2.75, 3.05) is 21.3 Å². The summed E-state index contributed by atoms with van der Waals surface area (Å²) < 4.78 is 14.8. The van der Waals surface area contributed by atoms with Crippen molar-refractivity contribution in [3.63, 3.8) is 0 Å². The number of carbonyl (C=O) groups is 27. The number of terminal acetylenes is 5. The van der Waals surface area contributed by atoms with Gasteiger partial charge in [-0.1, -0.05) is 98.5 Å². The normalized spacial score (nSPS) is 14.3. The SMILES string of the molecule is C#CC(=O)ON1C(=O)C=CC1=O.C#CC(C)OC(=O)c1ccc(N2C(=O)C=CC2=O)cc1.C#CC(CC)OC(=O)c1ccc(N2C(=O)C=CC2=O)cc1.C#CCC(=O)ON1C(=O)C=CC1=O.C#CCOC(=O)c1ccc(N2C(=O)C=CC2=O)cc1.CC#CC(=O)ON1C(=O)C=CC1=O.CC#CCC(=O)ON1C(=O)C=CC1=O.CCC#CC(=O)ON1C(=O)C=CC1=O.CCCC#CC(=O)ON1C(=O)C=CC1=O. The third-order valence-electron chi connectivity index (χ3n) is 15.8. The standard InChI is InChI=1S/C16H13NO4.C15H11NO4.C14H9NO4.C10H9NO4.2C9H7NO4.2C8H5NO4.C7H3NO4/c1-3-13(4-2)21-16(20)11-5-7-12(8-6-11)17-14(18)9-10-15(17)19;1-3-10(2)20-15(19)11-4-6-12(7-5-11)16-13(17)8-9-14(16)18;1-2-9-19-14(18)10-3-5-11(6-4-10)15-12(16)7-8-13(15)17;1-2-3-4-5-10(14)15-11-8(12)6-7-9(11)13;2*1-2-3-4-9(13)14-10-7(11)5-6-8(10)12;2*1-2-3-8(12)13-9-6(10)4-5-7(9)11;1-2-7(11)12-8-5(9)3-4-6(8)10/h1,5-10,13H,4H2,2H3;1,4-10H,2H3;1,3-8H,9H2;6-7H,2-3H2,1H3;5-6H,4H2,1H3;5-6H,2H2,1H3;4-5H,1H3;1,4-5H,3H2;1,3-4H. The second kappa shape index (κ2) is 57.2. The average molecular weight is 1920 g/mol. The van der Waals surface area contributed by atoms with Crippen molar-refractivity contribution in [2.45, 2.75) is 92.3 Å². The van der Waals surface area contributed by atoms with Gasteiger partial charge < -0.3 is 43.2 Å². The predicted molar refractivity (Wildman–Crippen MR) is 472 cm³/mol. The number of rotatable bonds is 19. The van der Waals surface area contributed by atoms with E-state index in [1.54, 1.807) is 26.7 Å². The van der Waals surface area contributed by atoms with Crippen molar-refractivity contribution in [1.29, 1.82) is 0 Å². The van der Waals surface area contributed by atoms with Crippen molar-refractivity contribution < 1.29 is 173 Å². The summed E-state index contributed by atoms with van der Waals surface area (Å²) in [4.78, 5) is 328. The van der Waals surface area contributed by atoms with Gasteiger partial charge in [-0.05, 0) is 106 Å². The van der Waals surface area contributed by atoms with Crippen molar-refractivity contribution in [2.24, 2.45) is 0 Å². The molecule has 45 heteroatoms. The van der Waals surface area contributed by atoms with E-state index in [1.165, 1.54) is 116 Å². The zero-order valence-corrected chi connectivity index (χ0v) is 74.0. The lowest BCUT2D eigenvalue weighted by atomic mass is 10.2. The number of anilines is 3. The Morgan fingerprint density at radius 2 is 0.596 bits per heavy atom. The summed E-state index contributed by atoms with van der Waals surface area (Å²) in [6.07, 6.45) is 44.9. The number of hydrogen-bond acceptors (Lipinski definition) is 36. The zero-order chi connectivity index (χ0) is 105. The third kappa shape index (κ3) is 35.8. The Kier molecular flexibility index (Phi) is 45.5. The fourth-order valence-corrected chi connectivity index (χ4v) is 9.41. The molecule has 714 valence electrons. The highest BCUT2D eigenvalue weighted by molar-refractivity contribution is 6.30. The lowest BCUT2D eigenvalue weighted by Gasteiger charge is -2.14. The van der Waals surface area contributed by atoms with Crippen LogP contribution in [0.2, 0.25) is 0 Å². The smallest absolute Gasteiger partial charge is 0.409 e. The van der Waals surface area contributed by atoms with Crippen molar-refractivity contribution in [3.8, 4) is 109 Å². The van der Waals surface area contributed by atoms with E-state index in [-0.39, 0.29) is 19.4 Å². The number of hydrogen-bond donors (Lipinski definition) is 0. The van der Waals surface area contributed by atoms with Crippen LogP contribution in [0.1, 0.15) is 111 Å². The summed E-state index contributed by atoms with van der Waals surface area (Å²) in [6.45, 7) is 9.98. The van der Waals surface area contributed by atoms with E-state index in [0.29, 0.717) is 83.4 Å². The second-order valence-corrected chi connectivity index (χ2v) is 25.6. The Labute approximate surface area is 798 Å². The van der Waals surface area contributed by atoms with Gasteiger partial charge in [0.15, 0.2) is 18.8 Å². The first-order valence-electron chi connectivity index (χ1n) is 39.4. The quantitative estimate of drug-likeness (QED) is 0.0708. The molecular formula is C96H69N9O36. The molecule has 12 rings (SSSR count). The van der Waals surface area contributed by atoms with Gasteiger partial charge in [-0.15, -0.1) is 38.0 Å². The second-order valence-electron chi connectivity index (χ2n) is 25.6. The molecule has 2 unspecified atom stereocenters. The highest BCUT2D eigenvalue weighted by Crippen LogP contribution is 2.24. The van der Waals surface area contributed by atoms with Crippen LogP contribution in [-0.4, -0.2) is 209 Å². The average Bonchev–Trinajstić information content (AvgIpc) is 1.73. The predicted octanol–water partition coefficient (Wildman–Crippen LogP) is 1.41. The van der Waals surface area contributed by atoms with E-state index < -0.39 is 172 Å². The molecule has 45 nitrogen and oxygen atoms in total. The molecule has 0 aliphatic carbocycles. The van der Waals surface area contributed by atoms with Crippen LogP contribution < -0.4 is 14.7 Å². The van der Waals surface area contributed by atoms with Crippen molar-refractivity contribution >= 4 is 177 Å². The van der Waals surface area contributed by atoms with Crippen LogP contribution >= 0.6 is 0 Å². The Bertz CT molecular complexity index is 6310. The topological polar surface area (TPSA) is 573 Å². The molecule has 0 fully saturated rings. The first kappa shape index (κ1) is 112. The number of unbranched alkanes of at least 4 members (excludes halogenated alkanes) is 1. The van der Waals surface area contributed by atoms with Gasteiger partial charge in [0.05, 0.1) is 33.8 Å². The van der Waals surface area contributed by atoms with Crippen LogP contribution in [0.25, 0.3) is 0 Å². The fraction of sp³-hybridized carbons (Fsp3) is 0.156. The van der Waals surface area contributed by atoms with Gasteiger partial charge in [-0.25, -0.2) is 57.9 Å². The molecule has 3 aromatic rings. The highest BCUT2D eigenvalue weighted by atomic mass is 16.8. The van der Waals surface area contributed by atoms with Gasteiger partial charge in [-0.2, -0.15) is 0 Å². The Hall–Kier alpha value is -21.1. The summed E-state index contributed by atoms with van der Waals surface area (Å²) in [5.41, 5.74) is 2.09. The maximum Gasteiger partial charge on any atom is 0.409 e. The minimum Gasteiger partial charge on any atom is -0.449 e. The van der Waals surface area contributed by atoms with Crippen molar-refractivity contribution in [1.82, 2.24) is 30.4 Å². The molecule has 0 spiro atoms. The number of esters is 3. The van der Waals surface area contributed by atoms with Gasteiger partial charge in [0.25, 0.3) is 106 Å². The molecule has 0 saturated heterocycles. The summed E-state index contributed by atoms with van der Waals surface area (Å²) >= 11 is 0. The third-order valence-corrected chi connectivity index (χ3v) is 15.8. The molecule has 9 aliphatic heterocycles. The number of benzene rings is 3. The first-order chi connectivity index (χ1) is 67.1. The minimum absolute atomic E-state index is 0.104. The Morgan fingerprint density at radius 1 is 0.312 bits per heavy atom. The van der Waals surface area contributed by atoms with E-state index >= 15 is 0 Å². The Balaban J connectivity index is 0.000000333. The van der Waals surface area contributed by atoms with Crippen LogP contribution in [0, 0.1) is 109 Å². The largest absolute Gasteiger partial charge is 0.449 e. The number of carbonyl (C=O) groups excluding carboxylic acids is 27.